The molecule has 0 atom stereocenters. The van der Waals surface area contributed by atoms with Crippen LogP contribution in [0.1, 0.15) is 15.9 Å². The summed E-state index contributed by atoms with van der Waals surface area (Å²) in [6, 6.07) is 11.9. The molecule has 136 valence electrons. The van der Waals surface area contributed by atoms with Crippen molar-refractivity contribution in [2.75, 3.05) is 26.3 Å². The molecule has 0 amide bonds. The Kier molecular flexibility index (Phi) is 5.61. The van der Waals surface area contributed by atoms with Crippen molar-refractivity contribution in [3.8, 4) is 0 Å². The number of sulfonamides is 1. The minimum Gasteiger partial charge on any atom is -0.379 e. The van der Waals surface area contributed by atoms with Gasteiger partial charge in [-0.25, -0.2) is 12.8 Å². The number of carbonyl (C=O) groups is 1. The summed E-state index contributed by atoms with van der Waals surface area (Å²) in [5.74, 6) is -0.743. The Morgan fingerprint density at radius 2 is 1.69 bits per heavy atom. The number of hydrogen-bond donors (Lipinski definition) is 0. The second-order valence-corrected chi connectivity index (χ2v) is 7.70. The number of allylic oxidation sites excluding steroid dienone is 1. The van der Waals surface area contributed by atoms with Gasteiger partial charge in [-0.05, 0) is 42.5 Å². The third-order valence-electron chi connectivity index (χ3n) is 4.07. The molecule has 3 rings (SSSR count). The molecule has 0 spiro atoms. The fraction of sp³-hybridized carbons (Fsp3) is 0.211. The van der Waals surface area contributed by atoms with Gasteiger partial charge in [0.2, 0.25) is 10.0 Å². The number of hydrogen-bond acceptors (Lipinski definition) is 4. The first kappa shape index (κ1) is 18.4. The summed E-state index contributed by atoms with van der Waals surface area (Å²) in [5.41, 5.74) is 0.644. The van der Waals surface area contributed by atoms with Gasteiger partial charge in [-0.2, -0.15) is 4.31 Å². The third-order valence-corrected chi connectivity index (χ3v) is 5.98. The zero-order chi connectivity index (χ0) is 18.6. The molecule has 1 aliphatic heterocycles. The van der Waals surface area contributed by atoms with E-state index in [1.165, 1.54) is 46.8 Å². The van der Waals surface area contributed by atoms with Crippen LogP contribution in [0.5, 0.6) is 0 Å². The van der Waals surface area contributed by atoms with E-state index >= 15 is 0 Å². The van der Waals surface area contributed by atoms with Crippen molar-refractivity contribution < 1.29 is 22.3 Å². The van der Waals surface area contributed by atoms with Gasteiger partial charge in [0.1, 0.15) is 5.82 Å². The van der Waals surface area contributed by atoms with E-state index in [0.717, 1.165) is 0 Å². The molecule has 0 bridgehead atoms. The number of morpholine rings is 1. The molecule has 1 aliphatic rings. The summed E-state index contributed by atoms with van der Waals surface area (Å²) in [7, 11) is -3.59. The molecular weight excluding hydrogens is 357 g/mol. The molecule has 1 saturated heterocycles. The zero-order valence-corrected chi connectivity index (χ0v) is 14.8. The van der Waals surface area contributed by atoms with Crippen molar-refractivity contribution in [1.82, 2.24) is 4.31 Å². The number of nitrogens with zero attached hydrogens (tertiary/aromatic N) is 1. The molecule has 2 aromatic carbocycles. The molecule has 0 N–H and O–H groups in total. The van der Waals surface area contributed by atoms with Gasteiger partial charge in [0, 0.05) is 24.2 Å². The third kappa shape index (κ3) is 4.07. The van der Waals surface area contributed by atoms with Gasteiger partial charge < -0.3 is 4.74 Å². The maximum atomic E-state index is 13.6. The molecule has 0 aromatic heterocycles. The lowest BCUT2D eigenvalue weighted by Crippen LogP contribution is -2.40. The maximum Gasteiger partial charge on any atom is 0.243 e. The second kappa shape index (κ2) is 7.90. The van der Waals surface area contributed by atoms with E-state index in [0.29, 0.717) is 37.4 Å². The van der Waals surface area contributed by atoms with Crippen LogP contribution in [0.2, 0.25) is 0 Å². The van der Waals surface area contributed by atoms with Gasteiger partial charge in [-0.15, -0.1) is 0 Å². The molecule has 1 fully saturated rings. The van der Waals surface area contributed by atoms with Crippen LogP contribution in [0.15, 0.2) is 59.5 Å². The monoisotopic (exact) mass is 375 g/mol. The summed E-state index contributed by atoms with van der Waals surface area (Å²) >= 11 is 0. The highest BCUT2D eigenvalue weighted by molar-refractivity contribution is 7.89. The van der Waals surface area contributed by atoms with Gasteiger partial charge in [0.05, 0.1) is 18.1 Å². The lowest BCUT2D eigenvalue weighted by atomic mass is 10.1. The normalized spacial score (nSPS) is 16.0. The van der Waals surface area contributed by atoms with Crippen LogP contribution >= 0.6 is 0 Å². The topological polar surface area (TPSA) is 63.7 Å². The second-order valence-electron chi connectivity index (χ2n) is 5.76. The Bertz CT molecular complexity index is 917. The number of carbonyl (C=O) groups excluding carboxylic acids is 1. The Morgan fingerprint density at radius 3 is 2.35 bits per heavy atom. The van der Waals surface area contributed by atoms with Crippen molar-refractivity contribution in [2.45, 2.75) is 4.90 Å². The Morgan fingerprint density at radius 1 is 1.04 bits per heavy atom. The van der Waals surface area contributed by atoms with Gasteiger partial charge in [-0.3, -0.25) is 4.79 Å². The quantitative estimate of drug-likeness (QED) is 0.595. The van der Waals surface area contributed by atoms with E-state index in [9.17, 15) is 17.6 Å². The highest BCUT2D eigenvalue weighted by atomic mass is 32.2. The SMILES string of the molecule is O=C(/C=C/c1ccccc1F)c1ccc(S(=O)(=O)N2CCOCC2)cc1. The van der Waals surface area contributed by atoms with Crippen molar-refractivity contribution in [2.24, 2.45) is 0 Å². The lowest BCUT2D eigenvalue weighted by Gasteiger charge is -2.26. The minimum absolute atomic E-state index is 0.133. The van der Waals surface area contributed by atoms with Crippen molar-refractivity contribution in [1.29, 1.82) is 0 Å². The highest BCUT2D eigenvalue weighted by Gasteiger charge is 2.26. The minimum atomic E-state index is -3.59. The Hall–Kier alpha value is -2.35. The summed E-state index contributed by atoms with van der Waals surface area (Å²) in [4.78, 5) is 12.3. The van der Waals surface area contributed by atoms with E-state index < -0.39 is 15.8 Å². The van der Waals surface area contributed by atoms with Crippen LogP contribution in [0.25, 0.3) is 6.08 Å². The summed E-state index contributed by atoms with van der Waals surface area (Å²) in [6.45, 7) is 1.37. The molecule has 0 aliphatic carbocycles. The molecule has 0 saturated carbocycles. The largest absolute Gasteiger partial charge is 0.379 e. The number of benzene rings is 2. The van der Waals surface area contributed by atoms with Gasteiger partial charge in [-0.1, -0.05) is 18.2 Å². The smallest absolute Gasteiger partial charge is 0.243 e. The van der Waals surface area contributed by atoms with Gasteiger partial charge >= 0.3 is 0 Å². The van der Waals surface area contributed by atoms with Crippen molar-refractivity contribution >= 4 is 21.9 Å². The van der Waals surface area contributed by atoms with E-state index in [2.05, 4.69) is 0 Å². The Balaban J connectivity index is 1.75. The Labute approximate surface area is 151 Å². The molecule has 26 heavy (non-hydrogen) atoms. The fourth-order valence-corrected chi connectivity index (χ4v) is 4.01. The molecule has 0 unspecified atom stereocenters. The molecule has 2 aromatic rings. The first-order valence-corrected chi connectivity index (χ1v) is 9.57. The average Bonchev–Trinajstić information content (AvgIpc) is 2.68. The zero-order valence-electron chi connectivity index (χ0n) is 14.0. The van der Waals surface area contributed by atoms with E-state index in [1.807, 2.05) is 0 Å². The van der Waals surface area contributed by atoms with Crippen LogP contribution in [0.4, 0.5) is 4.39 Å². The van der Waals surface area contributed by atoms with Crippen molar-refractivity contribution in [3.05, 3.63) is 71.6 Å². The molecule has 7 heteroatoms. The van der Waals surface area contributed by atoms with Crippen LogP contribution in [-0.4, -0.2) is 44.8 Å². The van der Waals surface area contributed by atoms with Crippen LogP contribution < -0.4 is 0 Å². The van der Waals surface area contributed by atoms with Crippen LogP contribution in [0, 0.1) is 5.82 Å². The average molecular weight is 375 g/mol. The summed E-state index contributed by atoms with van der Waals surface area (Å²) in [6.07, 6.45) is 2.67. The highest BCUT2D eigenvalue weighted by Crippen LogP contribution is 2.18. The predicted octanol–water partition coefficient (Wildman–Crippen LogP) is 2.74. The summed E-state index contributed by atoms with van der Waals surface area (Å²) < 4.78 is 45.2. The van der Waals surface area contributed by atoms with Gasteiger partial charge in [0.15, 0.2) is 5.78 Å². The molecule has 0 radical (unpaired) electrons. The first-order chi connectivity index (χ1) is 12.5. The molecule has 1 heterocycles. The van der Waals surface area contributed by atoms with Gasteiger partial charge in [0.25, 0.3) is 0 Å². The molecular formula is C19H18FNO4S. The van der Waals surface area contributed by atoms with E-state index in [4.69, 9.17) is 4.74 Å². The first-order valence-electron chi connectivity index (χ1n) is 8.13. The van der Waals surface area contributed by atoms with Crippen LogP contribution in [0.3, 0.4) is 0 Å². The molecule has 5 nitrogen and oxygen atoms in total. The fourth-order valence-electron chi connectivity index (χ4n) is 2.60. The van der Waals surface area contributed by atoms with E-state index in [-0.39, 0.29) is 10.7 Å². The van der Waals surface area contributed by atoms with Crippen molar-refractivity contribution in [3.63, 3.8) is 0 Å². The maximum absolute atomic E-state index is 13.6. The number of ketones is 1. The van der Waals surface area contributed by atoms with E-state index in [1.54, 1.807) is 18.2 Å². The number of ether oxygens (including phenoxy) is 1. The lowest BCUT2D eigenvalue weighted by molar-refractivity contribution is 0.0730. The predicted molar refractivity (Wildman–Crippen MR) is 95.8 cm³/mol. The summed E-state index contributed by atoms with van der Waals surface area (Å²) in [5, 5.41) is 0. The standard InChI is InChI=1S/C19H18FNO4S/c20-18-4-2-1-3-15(18)7-10-19(22)16-5-8-17(9-6-16)26(23,24)21-11-13-25-14-12-21/h1-10H,11-14H2/b10-7+. The number of rotatable bonds is 5. The number of halogens is 1. The van der Waals surface area contributed by atoms with Crippen LogP contribution in [-0.2, 0) is 14.8 Å².